The van der Waals surface area contributed by atoms with Crippen molar-refractivity contribution in [2.75, 3.05) is 0 Å². The molecule has 0 fully saturated rings. The highest BCUT2D eigenvalue weighted by atomic mass is 14.2. The van der Waals surface area contributed by atoms with Crippen molar-refractivity contribution < 1.29 is 0 Å². The second-order valence-corrected chi connectivity index (χ2v) is 9.30. The lowest BCUT2D eigenvalue weighted by molar-refractivity contribution is 0.405. The molecule has 29 heavy (non-hydrogen) atoms. The average molecular weight is 391 g/mol. The molecule has 158 valence electrons. The van der Waals surface area contributed by atoms with Crippen molar-refractivity contribution in [2.24, 2.45) is 5.92 Å². The molecule has 0 heterocycles. The summed E-state index contributed by atoms with van der Waals surface area (Å²) in [5, 5.41) is 0. The van der Waals surface area contributed by atoms with Gasteiger partial charge in [0.05, 0.1) is 0 Å². The van der Waals surface area contributed by atoms with E-state index >= 15 is 0 Å². The monoisotopic (exact) mass is 390 g/mol. The minimum Gasteiger partial charge on any atom is -0.0654 e. The Bertz CT molecular complexity index is 709. The van der Waals surface area contributed by atoms with Crippen LogP contribution in [0.5, 0.6) is 0 Å². The average Bonchev–Trinajstić information content (AvgIpc) is 2.76. The van der Waals surface area contributed by atoms with E-state index in [2.05, 4.69) is 56.3 Å². The number of rotatable bonds is 12. The Labute approximate surface area is 180 Å². The molecule has 0 amide bonds. The van der Waals surface area contributed by atoms with Gasteiger partial charge >= 0.3 is 0 Å². The van der Waals surface area contributed by atoms with Crippen molar-refractivity contribution in [3.63, 3.8) is 0 Å². The van der Waals surface area contributed by atoms with Gasteiger partial charge in [0, 0.05) is 0 Å². The minimum atomic E-state index is 0.918. The lowest BCUT2D eigenvalue weighted by Crippen LogP contribution is -2.14. The lowest BCUT2D eigenvalue weighted by Gasteiger charge is -2.25. The Morgan fingerprint density at radius 2 is 1.38 bits per heavy atom. The first-order chi connectivity index (χ1) is 14.3. The first kappa shape index (κ1) is 22.1. The number of fused-ring (bicyclic) bond motifs is 1. The quantitative estimate of drug-likeness (QED) is 0.317. The number of aryl methyl sites for hydroxylation is 2. The Morgan fingerprint density at radius 3 is 2.14 bits per heavy atom. The first-order valence-corrected chi connectivity index (χ1v) is 12.5. The Balaban J connectivity index is 1.52. The van der Waals surface area contributed by atoms with Crippen LogP contribution in [0.1, 0.15) is 101 Å². The molecule has 0 nitrogen and oxygen atoms in total. The van der Waals surface area contributed by atoms with Crippen LogP contribution in [0.4, 0.5) is 0 Å². The van der Waals surface area contributed by atoms with Crippen LogP contribution < -0.4 is 0 Å². The molecule has 1 aliphatic carbocycles. The maximum absolute atomic E-state index is 2.48. The third kappa shape index (κ3) is 7.02. The van der Waals surface area contributed by atoms with Gasteiger partial charge in [0.2, 0.25) is 0 Å². The second kappa shape index (κ2) is 12.2. The molecule has 0 spiro atoms. The SMILES string of the molecule is CCCCCCCC1CCc2cc(-c3ccc(CCCCCC)cc3)ccc2C1. The predicted octanol–water partition coefficient (Wildman–Crippen LogP) is 8.94. The van der Waals surface area contributed by atoms with Gasteiger partial charge in [-0.1, -0.05) is 114 Å². The normalized spacial score (nSPS) is 16.0. The van der Waals surface area contributed by atoms with E-state index in [0.29, 0.717) is 0 Å². The third-order valence-corrected chi connectivity index (χ3v) is 6.86. The van der Waals surface area contributed by atoms with Crippen LogP contribution in [-0.2, 0) is 19.3 Å². The van der Waals surface area contributed by atoms with Crippen molar-refractivity contribution in [3.8, 4) is 11.1 Å². The van der Waals surface area contributed by atoms with Gasteiger partial charge in [0.1, 0.15) is 0 Å². The first-order valence-electron chi connectivity index (χ1n) is 12.5. The van der Waals surface area contributed by atoms with E-state index < -0.39 is 0 Å². The molecule has 1 atom stereocenters. The summed E-state index contributed by atoms with van der Waals surface area (Å²) in [6, 6.07) is 16.6. The largest absolute Gasteiger partial charge is 0.0654 e. The van der Waals surface area contributed by atoms with Gasteiger partial charge in [-0.25, -0.2) is 0 Å². The lowest BCUT2D eigenvalue weighted by atomic mass is 9.80. The summed E-state index contributed by atoms with van der Waals surface area (Å²) < 4.78 is 0. The summed E-state index contributed by atoms with van der Waals surface area (Å²) in [6.45, 7) is 4.58. The molecular weight excluding hydrogens is 348 g/mol. The fourth-order valence-corrected chi connectivity index (χ4v) is 4.91. The van der Waals surface area contributed by atoms with Crippen LogP contribution >= 0.6 is 0 Å². The van der Waals surface area contributed by atoms with E-state index in [-0.39, 0.29) is 0 Å². The number of benzene rings is 2. The van der Waals surface area contributed by atoms with Crippen LogP contribution in [0.3, 0.4) is 0 Å². The molecule has 0 radical (unpaired) electrons. The minimum absolute atomic E-state index is 0.918. The van der Waals surface area contributed by atoms with Crippen molar-refractivity contribution in [1.29, 1.82) is 0 Å². The molecule has 1 aliphatic rings. The van der Waals surface area contributed by atoms with Gasteiger partial charge in [-0.2, -0.15) is 0 Å². The van der Waals surface area contributed by atoms with Gasteiger partial charge in [-0.3, -0.25) is 0 Å². The van der Waals surface area contributed by atoms with Crippen LogP contribution in [0.25, 0.3) is 11.1 Å². The second-order valence-electron chi connectivity index (χ2n) is 9.30. The highest BCUT2D eigenvalue weighted by molar-refractivity contribution is 5.65. The molecule has 0 bridgehead atoms. The summed E-state index contributed by atoms with van der Waals surface area (Å²) >= 11 is 0. The van der Waals surface area contributed by atoms with Crippen molar-refractivity contribution in [3.05, 3.63) is 59.2 Å². The van der Waals surface area contributed by atoms with Crippen molar-refractivity contribution >= 4 is 0 Å². The van der Waals surface area contributed by atoms with E-state index in [1.54, 1.807) is 11.1 Å². The smallest absolute Gasteiger partial charge is 0.0181 e. The van der Waals surface area contributed by atoms with Crippen LogP contribution in [0, 0.1) is 5.92 Å². The Hall–Kier alpha value is -1.56. The van der Waals surface area contributed by atoms with Crippen LogP contribution in [-0.4, -0.2) is 0 Å². The van der Waals surface area contributed by atoms with Crippen molar-refractivity contribution in [1.82, 2.24) is 0 Å². The van der Waals surface area contributed by atoms with E-state index in [9.17, 15) is 0 Å². The van der Waals surface area contributed by atoms with Crippen LogP contribution in [0.15, 0.2) is 42.5 Å². The number of hydrogen-bond donors (Lipinski definition) is 0. The highest BCUT2D eigenvalue weighted by Crippen LogP contribution is 2.32. The van der Waals surface area contributed by atoms with Gasteiger partial charge in [0.25, 0.3) is 0 Å². The number of hydrogen-bond acceptors (Lipinski definition) is 0. The molecule has 2 aromatic carbocycles. The number of unbranched alkanes of at least 4 members (excludes halogenated alkanes) is 7. The molecule has 1 unspecified atom stereocenters. The molecule has 0 saturated carbocycles. The predicted molar refractivity (Wildman–Crippen MR) is 129 cm³/mol. The van der Waals surface area contributed by atoms with Crippen molar-refractivity contribution in [2.45, 2.75) is 104 Å². The Morgan fingerprint density at radius 1 is 0.690 bits per heavy atom. The molecule has 3 rings (SSSR count). The molecular formula is C29H42. The fraction of sp³-hybridized carbons (Fsp3) is 0.586. The highest BCUT2D eigenvalue weighted by Gasteiger charge is 2.18. The van der Waals surface area contributed by atoms with E-state index in [1.807, 2.05) is 0 Å². The summed E-state index contributed by atoms with van der Waals surface area (Å²) in [4.78, 5) is 0. The van der Waals surface area contributed by atoms with Crippen LogP contribution in [0.2, 0.25) is 0 Å². The summed E-state index contributed by atoms with van der Waals surface area (Å²) in [5.74, 6) is 0.918. The zero-order chi connectivity index (χ0) is 20.3. The van der Waals surface area contributed by atoms with Gasteiger partial charge in [-0.15, -0.1) is 0 Å². The van der Waals surface area contributed by atoms with E-state index in [1.165, 1.54) is 107 Å². The summed E-state index contributed by atoms with van der Waals surface area (Å²) in [5.41, 5.74) is 7.49. The summed E-state index contributed by atoms with van der Waals surface area (Å²) in [6.07, 6.45) is 19.1. The third-order valence-electron chi connectivity index (χ3n) is 6.86. The molecule has 0 heteroatoms. The van der Waals surface area contributed by atoms with E-state index in [0.717, 1.165) is 5.92 Å². The zero-order valence-corrected chi connectivity index (χ0v) is 19.0. The summed E-state index contributed by atoms with van der Waals surface area (Å²) in [7, 11) is 0. The Kier molecular flexibility index (Phi) is 9.32. The van der Waals surface area contributed by atoms with Gasteiger partial charge < -0.3 is 0 Å². The van der Waals surface area contributed by atoms with E-state index in [4.69, 9.17) is 0 Å². The maximum Gasteiger partial charge on any atom is -0.0181 e. The molecule has 0 N–H and O–H groups in total. The fourth-order valence-electron chi connectivity index (χ4n) is 4.91. The molecule has 0 aromatic heterocycles. The maximum atomic E-state index is 2.48. The molecule has 0 saturated heterocycles. The van der Waals surface area contributed by atoms with Gasteiger partial charge in [0.15, 0.2) is 0 Å². The zero-order valence-electron chi connectivity index (χ0n) is 19.0. The standard InChI is InChI=1S/C29H42/c1-3-5-7-9-11-13-25-16-19-29-23-28(21-20-27(29)22-25)26-17-14-24(15-18-26)12-10-8-6-4-2/h14-15,17-18,20-21,23,25H,3-13,16,19,22H2,1-2H3. The van der Waals surface area contributed by atoms with Gasteiger partial charge in [-0.05, 0) is 65.8 Å². The topological polar surface area (TPSA) is 0 Å². The molecule has 2 aromatic rings. The molecule has 0 aliphatic heterocycles.